The van der Waals surface area contributed by atoms with Crippen molar-refractivity contribution in [2.45, 2.75) is 0 Å². The molecule has 0 fully saturated rings. The summed E-state index contributed by atoms with van der Waals surface area (Å²) in [6.45, 7) is 0. The maximum Gasteiger partial charge on any atom is 0.199 e. The first-order valence-electron chi connectivity index (χ1n) is 50.2. The van der Waals surface area contributed by atoms with Crippen LogP contribution in [0.25, 0.3) is 286 Å². The van der Waals surface area contributed by atoms with Crippen LogP contribution in [-0.2, 0) is 0 Å². The van der Waals surface area contributed by atoms with Gasteiger partial charge in [-0.05, 0) is 170 Å². The van der Waals surface area contributed by atoms with E-state index in [-0.39, 0.29) is 0 Å². The third-order valence-electron chi connectivity index (χ3n) is 29.7. The van der Waals surface area contributed by atoms with E-state index in [1.807, 2.05) is 30.3 Å². The Labute approximate surface area is 848 Å². The van der Waals surface area contributed by atoms with Crippen LogP contribution in [0.3, 0.4) is 0 Å². The van der Waals surface area contributed by atoms with Gasteiger partial charge < -0.3 is 4.40 Å². The molecule has 688 valence electrons. The maximum atomic E-state index is 5.29. The number of hydrogen-bond acceptors (Lipinski definition) is 7. The number of aromatic nitrogens is 11. The largest absolute Gasteiger partial charge is 0.308 e. The van der Waals surface area contributed by atoms with E-state index in [1.165, 1.54) is 158 Å². The minimum atomic E-state index is 0.533. The van der Waals surface area contributed by atoms with Crippen molar-refractivity contribution in [2.24, 2.45) is 0 Å². The summed E-state index contributed by atoms with van der Waals surface area (Å²) in [7, 11) is 0. The van der Waals surface area contributed by atoms with Gasteiger partial charge in [0.05, 0.1) is 66.9 Å². The van der Waals surface area contributed by atoms with Crippen LogP contribution in [0.1, 0.15) is 0 Å². The van der Waals surface area contributed by atoms with Gasteiger partial charge in [-0.1, -0.05) is 443 Å². The first-order chi connectivity index (χ1) is 73.5. The van der Waals surface area contributed by atoms with E-state index in [0.717, 1.165) is 116 Å². The Bertz CT molecular complexity index is 9720. The highest BCUT2D eigenvalue weighted by molar-refractivity contribution is 6.31. The zero-order chi connectivity index (χ0) is 97.4. The highest BCUT2D eigenvalue weighted by Crippen LogP contribution is 2.51. The molecule has 0 radical (unpaired) electrons. The number of rotatable bonds is 8. The van der Waals surface area contributed by atoms with Gasteiger partial charge in [-0.2, -0.15) is 0 Å². The average molecular weight is 1890 g/mol. The second kappa shape index (κ2) is 35.0. The molecule has 0 aliphatic rings. The molecule has 0 amide bonds. The van der Waals surface area contributed by atoms with Gasteiger partial charge in [0.15, 0.2) is 22.6 Å². The summed E-state index contributed by atoms with van der Waals surface area (Å²) in [5, 5.41) is 25.6. The van der Waals surface area contributed by atoms with E-state index < -0.39 is 0 Å². The fraction of sp³-hybridized carbons (Fsp3) is 0. The standard InChI is InChI=1S/C36H23N.C35H22N2.C34H21N3.C32H19N5/c1-3-11-24(12-4-1)31-23-33(26-14-5-2-6-15-26)37-34-22-28-17-8-7-16-27(28)21-32(34)30-20-19-25-13-9-10-18-29(25)35(30)36(31)37;1-3-11-23(12-4-1)29-22-32(25-14-5-2-6-15-25)37-34(29)33-27-17-9-7-13-24(27)19-20-28(33)30-21-26-16-8-10-18-31(26)36-35(30)37;1-3-11-22(12-4-1)27-21-30(24-14-5-2-6-15-24)37-33(27)31-25-16-8-7-13-23(25)19-20-26(31)32-34(37)36-29-18-10-9-17-28(29)35-32;1-3-9-20(10-4-1)25-19-26(22-12-5-2-6-13-22)37-29(25)27-23-14-8-7-11-21(23)15-16-24(27)28-32(37)36-31-30(35-28)33-17-18-34-31/h1-23H;1-22H;1-21H;1-19H. The van der Waals surface area contributed by atoms with E-state index in [0.29, 0.717) is 11.3 Å². The lowest BCUT2D eigenvalue weighted by Crippen LogP contribution is -2.01. The number of nitrogens with zero attached hydrogens (tertiary/aromatic N) is 11. The number of fused-ring (bicyclic) bond motifs is 36. The fourth-order valence-corrected chi connectivity index (χ4v) is 23.1. The van der Waals surface area contributed by atoms with Crippen LogP contribution in [-0.4, -0.2) is 52.5 Å². The average Bonchev–Trinajstić information content (AvgIpc) is 1.40. The molecule has 32 aromatic rings. The smallest absolute Gasteiger partial charge is 0.199 e. The summed E-state index contributed by atoms with van der Waals surface area (Å²) < 4.78 is 9.51. The molecule has 0 unspecified atom stereocenters. The van der Waals surface area contributed by atoms with Gasteiger partial charge in [-0.25, -0.2) is 34.9 Å². The molecule has 12 heterocycles. The molecular weight excluding hydrogens is 1800 g/mol. The molecule has 32 rings (SSSR count). The summed E-state index contributed by atoms with van der Waals surface area (Å²) in [6, 6.07) is 179. The van der Waals surface area contributed by atoms with Crippen LogP contribution in [0.2, 0.25) is 0 Å². The Balaban J connectivity index is 0.0000000930. The molecule has 0 aliphatic carbocycles. The number of benzene rings is 20. The molecule has 11 nitrogen and oxygen atoms in total. The van der Waals surface area contributed by atoms with E-state index in [4.69, 9.17) is 24.9 Å². The molecule has 0 saturated carbocycles. The summed E-state index contributed by atoms with van der Waals surface area (Å²) >= 11 is 0. The highest BCUT2D eigenvalue weighted by atomic mass is 15.1. The summed E-state index contributed by atoms with van der Waals surface area (Å²) in [4.78, 5) is 34.8. The van der Waals surface area contributed by atoms with Crippen molar-refractivity contribution in [1.29, 1.82) is 0 Å². The van der Waals surface area contributed by atoms with Gasteiger partial charge in [0.1, 0.15) is 16.7 Å². The second-order valence-electron chi connectivity index (χ2n) is 38.0. The Morgan fingerprint density at radius 2 is 0.426 bits per heavy atom. The van der Waals surface area contributed by atoms with E-state index >= 15 is 0 Å². The normalized spacial score (nSPS) is 11.8. The van der Waals surface area contributed by atoms with Crippen LogP contribution in [0, 0.1) is 0 Å². The molecule has 0 atom stereocenters. The quantitative estimate of drug-likeness (QED) is 0.110. The molecule has 0 N–H and O–H groups in total. The van der Waals surface area contributed by atoms with Crippen LogP contribution >= 0.6 is 0 Å². The van der Waals surface area contributed by atoms with Crippen molar-refractivity contribution in [3.05, 3.63) is 516 Å². The van der Waals surface area contributed by atoms with Crippen molar-refractivity contribution in [1.82, 2.24) is 52.5 Å². The van der Waals surface area contributed by atoms with Gasteiger partial charge >= 0.3 is 0 Å². The predicted octanol–water partition coefficient (Wildman–Crippen LogP) is 35.3. The van der Waals surface area contributed by atoms with Gasteiger partial charge in [-0.15, -0.1) is 0 Å². The highest BCUT2D eigenvalue weighted by Gasteiger charge is 2.29. The fourth-order valence-electron chi connectivity index (χ4n) is 23.1. The third kappa shape index (κ3) is 13.9. The summed E-state index contributed by atoms with van der Waals surface area (Å²) in [5.74, 6) is 0. The molecular formula is C137H85N11. The van der Waals surface area contributed by atoms with E-state index in [2.05, 4.69) is 501 Å². The molecule has 0 bridgehead atoms. The number of para-hydroxylation sites is 3. The SMILES string of the molecule is c1ccc(-c2cc(-c3ccccc3)n3c4cc5ccccc5cc4c4ccc5ccccc5c4c23)cc1.c1ccc(-c2cc(-c3ccccc3)n3c4nc5ccccc5cc4c4ccc5ccccc5c4c23)cc1.c1ccc(-c2cc(-c3ccccc3)n3c4nc5ccccc5nc4c4ccc5ccccc5c4c23)cc1.c1ccc(-c2cc(-c3ccccc3)n3c4nc5nccnc5nc4c4ccc5ccccc5c4c23)cc1. The van der Waals surface area contributed by atoms with Gasteiger partial charge in [0.25, 0.3) is 0 Å². The monoisotopic (exact) mass is 1880 g/mol. The molecule has 20 aromatic carbocycles. The zero-order valence-electron chi connectivity index (χ0n) is 80.0. The lowest BCUT2D eigenvalue weighted by Gasteiger charge is -2.16. The van der Waals surface area contributed by atoms with Crippen LogP contribution < -0.4 is 0 Å². The minimum absolute atomic E-state index is 0.533. The number of hydrogen-bond donors (Lipinski definition) is 0. The molecule has 11 heteroatoms. The Hall–Kier alpha value is -20.0. The summed E-state index contributed by atoms with van der Waals surface area (Å²) in [5.41, 5.74) is 33.0. The zero-order valence-corrected chi connectivity index (χ0v) is 80.0. The minimum Gasteiger partial charge on any atom is -0.308 e. The molecule has 12 aromatic heterocycles. The first-order valence-corrected chi connectivity index (χ1v) is 50.2. The Morgan fingerprint density at radius 1 is 0.155 bits per heavy atom. The first kappa shape index (κ1) is 84.8. The van der Waals surface area contributed by atoms with Gasteiger partial charge in [-0.3, -0.25) is 13.2 Å². The van der Waals surface area contributed by atoms with Crippen molar-refractivity contribution >= 4 is 197 Å². The van der Waals surface area contributed by atoms with Crippen molar-refractivity contribution < 1.29 is 0 Å². The number of pyridine rings is 5. The van der Waals surface area contributed by atoms with Crippen LogP contribution in [0.4, 0.5) is 0 Å². The van der Waals surface area contributed by atoms with E-state index in [1.54, 1.807) is 12.4 Å². The van der Waals surface area contributed by atoms with Crippen LogP contribution in [0.5, 0.6) is 0 Å². The van der Waals surface area contributed by atoms with Gasteiger partial charge in [0, 0.05) is 83.1 Å². The second-order valence-corrected chi connectivity index (χ2v) is 38.0. The molecule has 0 saturated heterocycles. The van der Waals surface area contributed by atoms with Crippen molar-refractivity contribution in [3.63, 3.8) is 0 Å². The topological polar surface area (TPSA) is 108 Å². The molecule has 0 spiro atoms. The molecule has 148 heavy (non-hydrogen) atoms. The summed E-state index contributed by atoms with van der Waals surface area (Å²) in [6.07, 6.45) is 3.33. The Kier molecular flexibility index (Phi) is 20.1. The van der Waals surface area contributed by atoms with Crippen molar-refractivity contribution in [3.8, 4) is 89.5 Å². The third-order valence-corrected chi connectivity index (χ3v) is 29.7. The lowest BCUT2D eigenvalue weighted by molar-refractivity contribution is 1.16. The lowest BCUT2D eigenvalue weighted by atomic mass is 9.95. The Morgan fingerprint density at radius 3 is 0.831 bits per heavy atom. The van der Waals surface area contributed by atoms with Gasteiger partial charge in [0.2, 0.25) is 0 Å². The van der Waals surface area contributed by atoms with Crippen LogP contribution in [0.15, 0.2) is 516 Å². The van der Waals surface area contributed by atoms with E-state index in [9.17, 15) is 0 Å². The molecule has 0 aliphatic heterocycles. The predicted molar refractivity (Wildman–Crippen MR) is 618 cm³/mol. The maximum absolute atomic E-state index is 5.29. The van der Waals surface area contributed by atoms with Crippen molar-refractivity contribution in [2.75, 3.05) is 0 Å².